The van der Waals surface area contributed by atoms with Crippen LogP contribution < -0.4 is 0 Å². The summed E-state index contributed by atoms with van der Waals surface area (Å²) in [6.45, 7) is 17.8. The number of carboxylic acids is 6. The number of carbonyl (C=O) groups is 6. The van der Waals surface area contributed by atoms with E-state index < -0.39 is 35.8 Å². The second-order valence-electron chi connectivity index (χ2n) is 3.25. The quantitative estimate of drug-likeness (QED) is 0.329. The molecule has 0 aromatic heterocycles. The van der Waals surface area contributed by atoms with Crippen molar-refractivity contribution < 1.29 is 59.4 Å². The topological polar surface area (TPSA) is 224 Å². The number of rotatable bonds is 6. The molecule has 0 aromatic carbocycles. The molecule has 0 aliphatic heterocycles. The van der Waals surface area contributed by atoms with Gasteiger partial charge in [-0.15, -0.1) is 0 Å². The molecule has 0 fully saturated rings. The van der Waals surface area contributed by atoms with Crippen LogP contribution in [0.2, 0.25) is 0 Å². The highest BCUT2D eigenvalue weighted by Gasteiger charge is 1.75. The Labute approximate surface area is 172 Å². The van der Waals surface area contributed by atoms with Gasteiger partial charge >= 0.3 is 35.8 Å². The van der Waals surface area contributed by atoms with E-state index in [1.165, 1.54) is 0 Å². The molecule has 0 saturated heterocycles. The van der Waals surface area contributed by atoms with Crippen LogP contribution in [0.5, 0.6) is 0 Å². The summed E-state index contributed by atoms with van der Waals surface area (Å²) in [5, 5.41) is 45.6. The van der Waals surface area contributed by atoms with Crippen molar-refractivity contribution in [1.29, 1.82) is 0 Å². The van der Waals surface area contributed by atoms with Crippen LogP contribution in [0, 0.1) is 0 Å². The van der Waals surface area contributed by atoms with Crippen LogP contribution in [0.25, 0.3) is 0 Å². The molecule has 12 nitrogen and oxygen atoms in total. The fraction of sp³-hybridized carbons (Fsp3) is 0. The molecule has 0 heterocycles. The molecule has 0 aliphatic rings. The highest BCUT2D eigenvalue weighted by Crippen LogP contribution is 1.56. The van der Waals surface area contributed by atoms with Crippen LogP contribution in [0.3, 0.4) is 0 Å². The van der Waals surface area contributed by atoms with Gasteiger partial charge in [0, 0.05) is 36.5 Å². The smallest absolute Gasteiger partial charge is 0.327 e. The first-order valence-corrected chi connectivity index (χ1v) is 6.75. The average Bonchev–Trinajstić information content (AvgIpc) is 2.69. The minimum atomic E-state index is -0.981. The van der Waals surface area contributed by atoms with Crippen LogP contribution in [-0.2, 0) is 28.8 Å². The van der Waals surface area contributed by atoms with Gasteiger partial charge in [-0.3, -0.25) is 0 Å². The maximum atomic E-state index is 9.25. The highest BCUT2D eigenvalue weighted by atomic mass is 16.4. The Morgan fingerprint density at radius 3 is 0.367 bits per heavy atom. The molecule has 0 atom stereocenters. The molecule has 0 aromatic rings. The normalized spacial score (nSPS) is 6.40. The minimum absolute atomic E-state index is 0.833. The van der Waals surface area contributed by atoms with E-state index in [4.69, 9.17) is 30.6 Å². The fourth-order valence-corrected chi connectivity index (χ4v) is 0. The van der Waals surface area contributed by atoms with Crippen LogP contribution in [0.1, 0.15) is 0 Å². The number of hydrogen-bond acceptors (Lipinski definition) is 6. The van der Waals surface area contributed by atoms with Gasteiger partial charge < -0.3 is 30.6 Å². The maximum absolute atomic E-state index is 9.25. The third kappa shape index (κ3) is 219. The van der Waals surface area contributed by atoms with Crippen molar-refractivity contribution in [3.63, 3.8) is 0 Å². The van der Waals surface area contributed by atoms with Crippen molar-refractivity contribution in [3.05, 3.63) is 75.9 Å². The van der Waals surface area contributed by atoms with Crippen LogP contribution >= 0.6 is 0 Å². The predicted molar refractivity (Wildman–Crippen MR) is 107 cm³/mol. The lowest BCUT2D eigenvalue weighted by Gasteiger charge is -1.64. The first-order valence-electron chi connectivity index (χ1n) is 6.75. The molecule has 12 heteroatoms. The van der Waals surface area contributed by atoms with Crippen molar-refractivity contribution in [3.8, 4) is 0 Å². The Bertz CT molecular complexity index is 475. The van der Waals surface area contributed by atoms with E-state index >= 15 is 0 Å². The summed E-state index contributed by atoms with van der Waals surface area (Å²) in [6.07, 6.45) is 5.00. The lowest BCUT2D eigenvalue weighted by atomic mass is 10.7. The molecule has 0 spiro atoms. The lowest BCUT2D eigenvalue weighted by molar-refractivity contribution is -0.132. The zero-order valence-electron chi connectivity index (χ0n) is 15.8. The molecule has 168 valence electrons. The molecule has 0 aliphatic carbocycles. The van der Waals surface area contributed by atoms with E-state index in [1.54, 1.807) is 0 Å². The molecule has 0 rings (SSSR count). The summed E-state index contributed by atoms with van der Waals surface area (Å²) in [5.74, 6) is -5.89. The van der Waals surface area contributed by atoms with Crippen LogP contribution in [0.15, 0.2) is 75.9 Å². The lowest BCUT2D eigenvalue weighted by Crippen LogP contribution is -1.82. The molecule has 6 N–H and O–H groups in total. The SMILES string of the molecule is C=CC(=O)O.C=CC(=O)O.C=CC(=O)O.C=CC(=O)O.C=CC(=O)O.C=CC(=O)O. The van der Waals surface area contributed by atoms with Crippen molar-refractivity contribution >= 4 is 35.8 Å². The molecule has 0 unspecified atom stereocenters. The maximum Gasteiger partial charge on any atom is 0.327 e. The molecule has 0 saturated carbocycles. The first-order chi connectivity index (χ1) is 13.6. The summed E-state index contributed by atoms with van der Waals surface area (Å²) in [6, 6.07) is 0. The third-order valence-electron chi connectivity index (χ3n) is 1.05. The van der Waals surface area contributed by atoms with Crippen molar-refractivity contribution in [2.24, 2.45) is 0 Å². The van der Waals surface area contributed by atoms with E-state index in [1.807, 2.05) is 0 Å². The Morgan fingerprint density at radius 2 is 0.367 bits per heavy atom. The van der Waals surface area contributed by atoms with Crippen LogP contribution in [-0.4, -0.2) is 66.5 Å². The first kappa shape index (κ1) is 40.1. The number of carboxylic acid groups (broad SMARTS) is 6. The zero-order valence-corrected chi connectivity index (χ0v) is 15.8. The number of hydrogen-bond donors (Lipinski definition) is 6. The van der Waals surface area contributed by atoms with Crippen LogP contribution in [0.4, 0.5) is 0 Å². The third-order valence-corrected chi connectivity index (χ3v) is 1.05. The van der Waals surface area contributed by atoms with E-state index in [9.17, 15) is 28.8 Å². The monoisotopic (exact) mass is 432 g/mol. The van der Waals surface area contributed by atoms with Gasteiger partial charge in [-0.25, -0.2) is 28.8 Å². The van der Waals surface area contributed by atoms with Gasteiger partial charge in [-0.2, -0.15) is 0 Å². The Kier molecular flexibility index (Phi) is 47.3. The van der Waals surface area contributed by atoms with Crippen molar-refractivity contribution in [1.82, 2.24) is 0 Å². The minimum Gasteiger partial charge on any atom is -0.478 e. The van der Waals surface area contributed by atoms with Gasteiger partial charge in [0.2, 0.25) is 0 Å². The van der Waals surface area contributed by atoms with Crippen molar-refractivity contribution in [2.75, 3.05) is 0 Å². The Balaban J connectivity index is -0.0000000576. The molecule has 0 radical (unpaired) electrons. The predicted octanol–water partition coefficient (Wildman–Crippen LogP) is 1.54. The van der Waals surface area contributed by atoms with Gasteiger partial charge in [0.05, 0.1) is 0 Å². The second kappa shape index (κ2) is 35.4. The van der Waals surface area contributed by atoms with Gasteiger partial charge in [0.25, 0.3) is 0 Å². The summed E-state index contributed by atoms with van der Waals surface area (Å²) < 4.78 is 0. The summed E-state index contributed by atoms with van der Waals surface area (Å²) in [7, 11) is 0. The molecular weight excluding hydrogens is 408 g/mol. The largest absolute Gasteiger partial charge is 0.478 e. The second-order valence-corrected chi connectivity index (χ2v) is 3.25. The summed E-state index contributed by atoms with van der Waals surface area (Å²) in [5.41, 5.74) is 0. The van der Waals surface area contributed by atoms with Gasteiger partial charge in [0.1, 0.15) is 0 Å². The molecule has 0 amide bonds. The van der Waals surface area contributed by atoms with E-state index in [2.05, 4.69) is 39.5 Å². The van der Waals surface area contributed by atoms with E-state index in [-0.39, 0.29) is 0 Å². The Morgan fingerprint density at radius 1 is 0.333 bits per heavy atom. The van der Waals surface area contributed by atoms with Gasteiger partial charge in [0.15, 0.2) is 0 Å². The fourth-order valence-electron chi connectivity index (χ4n) is 0. The zero-order chi connectivity index (χ0) is 25.7. The summed E-state index contributed by atoms with van der Waals surface area (Å²) >= 11 is 0. The molecule has 0 bridgehead atoms. The summed E-state index contributed by atoms with van der Waals surface area (Å²) in [4.78, 5) is 55.5. The van der Waals surface area contributed by atoms with Gasteiger partial charge in [-0.1, -0.05) is 39.5 Å². The van der Waals surface area contributed by atoms with E-state index in [0.717, 1.165) is 36.5 Å². The standard InChI is InChI=1S/6C3H4O2/c6*1-2-3(4)5/h6*2H,1H2,(H,4,5). The average molecular weight is 432 g/mol. The highest BCUT2D eigenvalue weighted by molar-refractivity contribution is 5.80. The van der Waals surface area contributed by atoms with E-state index in [0.29, 0.717) is 0 Å². The van der Waals surface area contributed by atoms with Gasteiger partial charge in [-0.05, 0) is 0 Å². The molecule has 30 heavy (non-hydrogen) atoms. The molecular formula is C18H24O12. The van der Waals surface area contributed by atoms with Crippen molar-refractivity contribution in [2.45, 2.75) is 0 Å². The number of aliphatic carboxylic acids is 6. The Hall–Kier alpha value is -4.74.